The number of carbonyl (C=O) groups excluding carboxylic acids is 3. The Balaban J connectivity index is 0.00000645. The van der Waals surface area contributed by atoms with Crippen LogP contribution in [0.5, 0.6) is 0 Å². The highest BCUT2D eigenvalue weighted by molar-refractivity contribution is 7.13. The number of amides is 3. The first-order valence-corrected chi connectivity index (χ1v) is 16.1. The molecule has 9 nitrogen and oxygen atoms in total. The largest absolute Gasteiger partial charge is 0.391 e. The van der Waals surface area contributed by atoms with E-state index in [1.807, 2.05) is 57.5 Å². The number of thiazole rings is 1. The lowest BCUT2D eigenvalue weighted by Crippen LogP contribution is -2.57. The van der Waals surface area contributed by atoms with Gasteiger partial charge in [0, 0.05) is 25.9 Å². The van der Waals surface area contributed by atoms with Crippen molar-refractivity contribution < 1.29 is 19.5 Å². The fourth-order valence-electron chi connectivity index (χ4n) is 5.33. The molecule has 1 aromatic heterocycles. The second-order valence-electron chi connectivity index (χ2n) is 12.5. The van der Waals surface area contributed by atoms with Gasteiger partial charge in [0.1, 0.15) is 12.1 Å². The molecular formula is C32H50ClN5O4S. The zero-order valence-electron chi connectivity index (χ0n) is 26.1. The fourth-order valence-corrected chi connectivity index (χ4v) is 6.14. The Morgan fingerprint density at radius 2 is 1.70 bits per heavy atom. The van der Waals surface area contributed by atoms with E-state index in [2.05, 4.69) is 15.6 Å². The Hall–Kier alpha value is -2.53. The first-order chi connectivity index (χ1) is 20.0. The molecule has 5 N–H and O–H groups in total. The number of unbranched alkanes of at least 4 members (excludes halogenated alkanes) is 6. The average molecular weight is 636 g/mol. The number of hydrogen-bond acceptors (Lipinski definition) is 7. The molecule has 0 aliphatic carbocycles. The SMILES string of the molecule is Cc1ncsc1-c1ccc(CNC(=O)[C@@H]2C[C@@H](O)CN2C(=O)[C@@H](NC(=O)CCCCCCCCCN)C(C)(C)C)cc1.Cl. The highest BCUT2D eigenvalue weighted by Crippen LogP contribution is 2.28. The second-order valence-corrected chi connectivity index (χ2v) is 13.3. The lowest BCUT2D eigenvalue weighted by atomic mass is 9.85. The van der Waals surface area contributed by atoms with Gasteiger partial charge in [-0.05, 0) is 42.9 Å². The van der Waals surface area contributed by atoms with Crippen molar-refractivity contribution in [3.8, 4) is 10.4 Å². The van der Waals surface area contributed by atoms with Crippen molar-refractivity contribution in [1.82, 2.24) is 20.5 Å². The van der Waals surface area contributed by atoms with E-state index in [1.165, 1.54) is 11.3 Å². The summed E-state index contributed by atoms with van der Waals surface area (Å²) < 4.78 is 0. The van der Waals surface area contributed by atoms with Crippen LogP contribution >= 0.6 is 23.7 Å². The van der Waals surface area contributed by atoms with Gasteiger partial charge < -0.3 is 26.4 Å². The molecule has 11 heteroatoms. The van der Waals surface area contributed by atoms with Gasteiger partial charge in [0.2, 0.25) is 17.7 Å². The average Bonchev–Trinajstić information content (AvgIpc) is 3.56. The Morgan fingerprint density at radius 1 is 1.07 bits per heavy atom. The summed E-state index contributed by atoms with van der Waals surface area (Å²) in [6.45, 7) is 8.78. The van der Waals surface area contributed by atoms with Crippen LogP contribution in [0.4, 0.5) is 0 Å². The zero-order valence-corrected chi connectivity index (χ0v) is 27.7. The highest BCUT2D eigenvalue weighted by atomic mass is 35.5. The standard InChI is InChI=1S/C32H49N5O4S.ClH/c1-22-28(42-21-35-22)24-15-13-23(14-16-24)19-34-30(40)26-18-25(38)20-37(26)31(41)29(32(2,3)4)36-27(39)12-10-8-6-5-7-9-11-17-33;/h13-16,21,25-26,29,38H,5-12,17-20,33H2,1-4H3,(H,34,40)(H,36,39);1H/t25-,26+,29-;/m1./s1. The summed E-state index contributed by atoms with van der Waals surface area (Å²) in [7, 11) is 0. The highest BCUT2D eigenvalue weighted by Gasteiger charge is 2.44. The maximum atomic E-state index is 13.7. The number of benzene rings is 1. The molecule has 2 heterocycles. The summed E-state index contributed by atoms with van der Waals surface area (Å²) in [6, 6.07) is 6.36. The number of aryl methyl sites for hydroxylation is 1. The predicted octanol–water partition coefficient (Wildman–Crippen LogP) is 4.73. The molecular weight excluding hydrogens is 586 g/mol. The van der Waals surface area contributed by atoms with Gasteiger partial charge >= 0.3 is 0 Å². The van der Waals surface area contributed by atoms with Crippen LogP contribution in [0.15, 0.2) is 29.8 Å². The first-order valence-electron chi connectivity index (χ1n) is 15.3. The van der Waals surface area contributed by atoms with E-state index in [9.17, 15) is 19.5 Å². The Labute approximate surface area is 266 Å². The van der Waals surface area contributed by atoms with Gasteiger partial charge in [0.25, 0.3) is 0 Å². The van der Waals surface area contributed by atoms with E-state index in [1.54, 1.807) is 11.3 Å². The third kappa shape index (κ3) is 11.2. The Kier molecular flexibility index (Phi) is 15.1. The van der Waals surface area contributed by atoms with E-state index in [0.29, 0.717) is 13.0 Å². The number of aromatic nitrogens is 1. The fraction of sp³-hybridized carbons (Fsp3) is 0.625. The second kappa shape index (κ2) is 17.7. The molecule has 3 amide bonds. The summed E-state index contributed by atoms with van der Waals surface area (Å²) >= 11 is 1.59. The van der Waals surface area contributed by atoms with E-state index in [-0.39, 0.29) is 43.1 Å². The molecule has 0 bridgehead atoms. The van der Waals surface area contributed by atoms with Crippen LogP contribution in [0, 0.1) is 12.3 Å². The van der Waals surface area contributed by atoms with Gasteiger partial charge in [-0.2, -0.15) is 0 Å². The van der Waals surface area contributed by atoms with E-state index in [4.69, 9.17) is 5.73 Å². The lowest BCUT2D eigenvalue weighted by molar-refractivity contribution is -0.144. The van der Waals surface area contributed by atoms with Gasteiger partial charge in [0.05, 0.1) is 22.2 Å². The van der Waals surface area contributed by atoms with Gasteiger partial charge in [-0.3, -0.25) is 14.4 Å². The van der Waals surface area contributed by atoms with Crippen LogP contribution in [-0.2, 0) is 20.9 Å². The number of nitrogens with one attached hydrogen (secondary N) is 2. The van der Waals surface area contributed by atoms with Crippen LogP contribution in [0.3, 0.4) is 0 Å². The number of hydrogen-bond donors (Lipinski definition) is 4. The molecule has 1 aliphatic heterocycles. The number of halogens is 1. The predicted molar refractivity (Wildman–Crippen MR) is 175 cm³/mol. The molecule has 43 heavy (non-hydrogen) atoms. The zero-order chi connectivity index (χ0) is 30.7. The molecule has 1 aromatic carbocycles. The summed E-state index contributed by atoms with van der Waals surface area (Å²) in [5, 5.41) is 16.3. The number of nitrogens with two attached hydrogens (primary N) is 1. The van der Waals surface area contributed by atoms with Gasteiger partial charge in [-0.1, -0.05) is 77.1 Å². The molecule has 1 fully saturated rings. The minimum atomic E-state index is -0.801. The van der Waals surface area contributed by atoms with Crippen LogP contribution < -0.4 is 16.4 Å². The molecule has 3 rings (SSSR count). The normalized spacial score (nSPS) is 17.3. The van der Waals surface area contributed by atoms with Gasteiger partial charge in [-0.25, -0.2) is 4.98 Å². The smallest absolute Gasteiger partial charge is 0.246 e. The number of aliphatic hydroxyl groups excluding tert-OH is 1. The molecule has 0 unspecified atom stereocenters. The summed E-state index contributed by atoms with van der Waals surface area (Å²) in [5.41, 5.74) is 9.79. The monoisotopic (exact) mass is 635 g/mol. The quantitative estimate of drug-likeness (QED) is 0.209. The van der Waals surface area contributed by atoms with Crippen LogP contribution in [0.2, 0.25) is 0 Å². The van der Waals surface area contributed by atoms with E-state index < -0.39 is 23.6 Å². The molecule has 0 spiro atoms. The topological polar surface area (TPSA) is 138 Å². The first kappa shape index (κ1) is 36.7. The van der Waals surface area contributed by atoms with E-state index in [0.717, 1.165) is 66.8 Å². The number of carbonyl (C=O) groups is 3. The number of β-amino-alcohol motifs (C(OH)–C–C–N with tert-alkyl or cyclic N) is 1. The van der Waals surface area contributed by atoms with Crippen molar-refractivity contribution >= 4 is 41.5 Å². The molecule has 1 saturated heterocycles. The van der Waals surface area contributed by atoms with Gasteiger partial charge in [0.15, 0.2) is 0 Å². The van der Waals surface area contributed by atoms with Gasteiger partial charge in [-0.15, -0.1) is 23.7 Å². The summed E-state index contributed by atoms with van der Waals surface area (Å²) in [4.78, 5) is 46.7. The van der Waals surface area contributed by atoms with Crippen LogP contribution in [0.1, 0.15) is 89.8 Å². The number of aliphatic hydroxyl groups is 1. The van der Waals surface area contributed by atoms with Crippen LogP contribution in [0.25, 0.3) is 10.4 Å². The number of nitrogens with zero attached hydrogens (tertiary/aromatic N) is 2. The Morgan fingerprint density at radius 3 is 2.28 bits per heavy atom. The molecule has 0 radical (unpaired) electrons. The van der Waals surface area contributed by atoms with Crippen molar-refractivity contribution in [2.75, 3.05) is 13.1 Å². The molecule has 2 aromatic rings. The minimum absolute atomic E-state index is 0. The number of rotatable bonds is 15. The van der Waals surface area contributed by atoms with Crippen molar-refractivity contribution in [3.63, 3.8) is 0 Å². The molecule has 0 saturated carbocycles. The van der Waals surface area contributed by atoms with Crippen molar-refractivity contribution in [3.05, 3.63) is 41.0 Å². The lowest BCUT2D eigenvalue weighted by Gasteiger charge is -2.35. The molecule has 3 atom stereocenters. The Bertz CT molecular complexity index is 1170. The summed E-state index contributed by atoms with van der Waals surface area (Å²) in [6.07, 6.45) is 7.06. The molecule has 240 valence electrons. The van der Waals surface area contributed by atoms with Crippen molar-refractivity contribution in [1.29, 1.82) is 0 Å². The molecule has 1 aliphatic rings. The third-order valence-corrected chi connectivity index (χ3v) is 8.80. The number of likely N-dealkylation sites (tertiary alicyclic amines) is 1. The van der Waals surface area contributed by atoms with Crippen molar-refractivity contribution in [2.45, 2.75) is 110 Å². The van der Waals surface area contributed by atoms with E-state index >= 15 is 0 Å². The van der Waals surface area contributed by atoms with Crippen LogP contribution in [-0.4, -0.2) is 64.0 Å². The maximum absolute atomic E-state index is 13.7. The third-order valence-electron chi connectivity index (χ3n) is 7.82. The maximum Gasteiger partial charge on any atom is 0.246 e. The van der Waals surface area contributed by atoms with Crippen molar-refractivity contribution in [2.24, 2.45) is 11.1 Å². The summed E-state index contributed by atoms with van der Waals surface area (Å²) in [5.74, 6) is -0.811. The minimum Gasteiger partial charge on any atom is -0.391 e.